The van der Waals surface area contributed by atoms with E-state index in [1.807, 2.05) is 0 Å². The summed E-state index contributed by atoms with van der Waals surface area (Å²) >= 11 is 0. The second-order valence-corrected chi connectivity index (χ2v) is 10.3. The second-order valence-electron chi connectivity index (χ2n) is 10.3. The van der Waals surface area contributed by atoms with E-state index in [0.29, 0.717) is 6.42 Å². The molecule has 0 aromatic carbocycles. The Kier molecular flexibility index (Phi) is 15.5. The Labute approximate surface area is 224 Å². The normalized spacial score (nSPS) is 35.8. The summed E-state index contributed by atoms with van der Waals surface area (Å²) in [6, 6.07) is 0. The molecule has 0 bridgehead atoms. The van der Waals surface area contributed by atoms with Crippen molar-refractivity contribution in [3.63, 3.8) is 0 Å². The topological polar surface area (TPSA) is 196 Å². The minimum absolute atomic E-state index is 0.204. The molecule has 7 N–H and O–H groups in total. The molecule has 12 nitrogen and oxygen atoms in total. The van der Waals surface area contributed by atoms with Gasteiger partial charge in [0.2, 0.25) is 0 Å². The molecule has 0 aromatic rings. The highest BCUT2D eigenvalue weighted by Crippen LogP contribution is 2.28. The van der Waals surface area contributed by atoms with E-state index in [1.165, 1.54) is 44.9 Å². The summed E-state index contributed by atoms with van der Waals surface area (Å²) < 4.78 is 21.3. The average molecular weight is 553 g/mol. The molecule has 0 aliphatic carbocycles. The minimum atomic E-state index is -1.76. The lowest BCUT2D eigenvalue weighted by Gasteiger charge is -2.44. The van der Waals surface area contributed by atoms with Gasteiger partial charge in [0.1, 0.15) is 55.4 Å². The van der Waals surface area contributed by atoms with Crippen molar-refractivity contribution in [1.82, 2.24) is 0 Å². The lowest BCUT2D eigenvalue weighted by atomic mass is 9.98. The number of unbranched alkanes of at least 4 members (excludes halogenated alkanes) is 10. The van der Waals surface area contributed by atoms with Crippen LogP contribution in [-0.4, -0.2) is 116 Å². The summed E-state index contributed by atoms with van der Waals surface area (Å²) in [6.45, 7) is 1.12. The van der Waals surface area contributed by atoms with Crippen LogP contribution in [0.25, 0.3) is 0 Å². The highest BCUT2D eigenvalue weighted by Gasteiger charge is 2.49. The fourth-order valence-electron chi connectivity index (χ4n) is 4.66. The molecule has 0 amide bonds. The maximum absolute atomic E-state index is 12.1. The zero-order valence-corrected chi connectivity index (χ0v) is 22.3. The predicted molar refractivity (Wildman–Crippen MR) is 134 cm³/mol. The van der Waals surface area contributed by atoms with Crippen molar-refractivity contribution in [2.24, 2.45) is 0 Å². The van der Waals surface area contributed by atoms with Gasteiger partial charge in [-0.2, -0.15) is 0 Å². The third-order valence-electron chi connectivity index (χ3n) is 7.18. The smallest absolute Gasteiger partial charge is 0.305 e. The van der Waals surface area contributed by atoms with Crippen LogP contribution in [0.4, 0.5) is 0 Å². The van der Waals surface area contributed by atoms with Crippen LogP contribution < -0.4 is 0 Å². The fourth-order valence-corrected chi connectivity index (χ4v) is 4.66. The Morgan fingerprint density at radius 3 is 1.58 bits per heavy atom. The molecular formula is C26H48O12. The van der Waals surface area contributed by atoms with Crippen molar-refractivity contribution in [3.05, 3.63) is 0 Å². The van der Waals surface area contributed by atoms with Crippen molar-refractivity contribution < 1.29 is 59.5 Å². The zero-order chi connectivity index (χ0) is 28.1. The van der Waals surface area contributed by atoms with Crippen molar-refractivity contribution >= 4 is 5.97 Å². The third-order valence-corrected chi connectivity index (χ3v) is 7.18. The van der Waals surface area contributed by atoms with E-state index in [1.54, 1.807) is 0 Å². The zero-order valence-electron chi connectivity index (χ0n) is 22.3. The number of aliphatic hydroxyl groups is 7. The number of carbonyl (C=O) groups excluding carboxylic acids is 1. The van der Waals surface area contributed by atoms with Gasteiger partial charge in [0.15, 0.2) is 12.6 Å². The maximum Gasteiger partial charge on any atom is 0.305 e. The molecule has 10 atom stereocenters. The molecule has 0 aromatic heterocycles. The highest BCUT2D eigenvalue weighted by molar-refractivity contribution is 5.69. The van der Waals surface area contributed by atoms with Crippen molar-refractivity contribution in [3.8, 4) is 0 Å². The van der Waals surface area contributed by atoms with Crippen LogP contribution in [0.5, 0.6) is 0 Å². The van der Waals surface area contributed by atoms with Gasteiger partial charge in [-0.25, -0.2) is 0 Å². The summed E-state index contributed by atoms with van der Waals surface area (Å²) in [7, 11) is 0. The Morgan fingerprint density at radius 2 is 1.08 bits per heavy atom. The molecule has 12 heteroatoms. The Balaban J connectivity index is 1.70. The van der Waals surface area contributed by atoms with Crippen LogP contribution in [-0.2, 0) is 23.7 Å². The van der Waals surface area contributed by atoms with Gasteiger partial charge in [-0.05, 0) is 6.42 Å². The number of esters is 1. The molecule has 0 unspecified atom stereocenters. The van der Waals surface area contributed by atoms with Crippen LogP contribution in [0, 0.1) is 0 Å². The van der Waals surface area contributed by atoms with Gasteiger partial charge in [0, 0.05) is 6.42 Å². The summed E-state index contributed by atoms with van der Waals surface area (Å²) in [5.41, 5.74) is 0. The van der Waals surface area contributed by atoms with Gasteiger partial charge < -0.3 is 54.7 Å². The molecule has 2 aliphatic rings. The van der Waals surface area contributed by atoms with E-state index >= 15 is 0 Å². The molecule has 2 aliphatic heterocycles. The first-order chi connectivity index (χ1) is 18.2. The number of hydrogen-bond acceptors (Lipinski definition) is 12. The van der Waals surface area contributed by atoms with Crippen LogP contribution in [0.3, 0.4) is 0 Å². The SMILES string of the molecule is CCCCCCCCCCCCCC(=O)OC[C@H]1O[C@H](O[C@H]2O[C@H](CO)[C@@H](O)[C@H](O)[C@H]2O)[C@H](O)[C@@H](O)[C@@H]1O. The fraction of sp³-hybridized carbons (Fsp3) is 0.962. The molecular weight excluding hydrogens is 504 g/mol. The molecule has 38 heavy (non-hydrogen) atoms. The largest absolute Gasteiger partial charge is 0.463 e. The van der Waals surface area contributed by atoms with E-state index in [9.17, 15) is 40.5 Å². The van der Waals surface area contributed by atoms with Gasteiger partial charge in [-0.3, -0.25) is 4.79 Å². The second kappa shape index (κ2) is 17.7. The lowest BCUT2D eigenvalue weighted by molar-refractivity contribution is -0.376. The van der Waals surface area contributed by atoms with Crippen LogP contribution in [0.2, 0.25) is 0 Å². The van der Waals surface area contributed by atoms with Crippen molar-refractivity contribution in [2.45, 2.75) is 145 Å². The Bertz CT molecular complexity index is 650. The molecule has 0 saturated carbocycles. The van der Waals surface area contributed by atoms with E-state index in [4.69, 9.17) is 18.9 Å². The highest BCUT2D eigenvalue weighted by atomic mass is 16.8. The molecule has 2 fully saturated rings. The van der Waals surface area contributed by atoms with Crippen LogP contribution in [0.15, 0.2) is 0 Å². The number of ether oxygens (including phenoxy) is 4. The first kappa shape index (κ1) is 33.3. The molecule has 0 radical (unpaired) electrons. The van der Waals surface area contributed by atoms with Crippen LogP contribution in [0.1, 0.15) is 84.0 Å². The summed E-state index contributed by atoms with van der Waals surface area (Å²) in [4.78, 5) is 12.1. The predicted octanol–water partition coefficient (Wildman–Crippen LogP) is -0.145. The van der Waals surface area contributed by atoms with Gasteiger partial charge in [-0.1, -0.05) is 71.1 Å². The summed E-state index contributed by atoms with van der Waals surface area (Å²) in [6.07, 6.45) is -3.03. The van der Waals surface area contributed by atoms with Gasteiger partial charge >= 0.3 is 5.97 Å². The standard InChI is InChI=1S/C26H48O12/c1-2-3-4-5-6-7-8-9-10-11-12-13-18(28)35-15-17-20(30)22(32)24(34)26(37-17)38-25-23(33)21(31)19(29)16(14-27)36-25/h16-17,19-27,29-34H,2-15H2,1H3/t16-,17-,19-,20-,21+,22+,23-,24-,25-,26-/m1/s1. The van der Waals surface area contributed by atoms with Crippen molar-refractivity contribution in [2.75, 3.05) is 13.2 Å². The number of carbonyl (C=O) groups is 1. The maximum atomic E-state index is 12.1. The van der Waals surface area contributed by atoms with Gasteiger partial charge in [-0.15, -0.1) is 0 Å². The van der Waals surface area contributed by atoms with E-state index in [2.05, 4.69) is 6.92 Å². The van der Waals surface area contributed by atoms with E-state index in [0.717, 1.165) is 19.3 Å². The van der Waals surface area contributed by atoms with Gasteiger partial charge in [0.05, 0.1) is 6.61 Å². The first-order valence-corrected chi connectivity index (χ1v) is 14.0. The molecule has 224 valence electrons. The minimum Gasteiger partial charge on any atom is -0.463 e. The van der Waals surface area contributed by atoms with Crippen LogP contribution >= 0.6 is 0 Å². The summed E-state index contributed by atoms with van der Waals surface area (Å²) in [5, 5.41) is 70.0. The Hall–Kier alpha value is -0.930. The third kappa shape index (κ3) is 10.2. The quantitative estimate of drug-likeness (QED) is 0.0933. The number of rotatable bonds is 17. The summed E-state index contributed by atoms with van der Waals surface area (Å²) in [5.74, 6) is -0.483. The first-order valence-electron chi connectivity index (χ1n) is 14.0. The van der Waals surface area contributed by atoms with E-state index in [-0.39, 0.29) is 6.42 Å². The number of aliphatic hydroxyl groups excluding tert-OH is 7. The molecule has 2 rings (SSSR count). The average Bonchev–Trinajstić information content (AvgIpc) is 2.91. The molecule has 0 spiro atoms. The Morgan fingerprint density at radius 1 is 0.632 bits per heavy atom. The van der Waals surface area contributed by atoms with Gasteiger partial charge in [0.25, 0.3) is 0 Å². The monoisotopic (exact) mass is 552 g/mol. The molecule has 2 saturated heterocycles. The number of hydrogen-bond donors (Lipinski definition) is 7. The molecule has 2 heterocycles. The lowest BCUT2D eigenvalue weighted by Crippen LogP contribution is -2.63. The van der Waals surface area contributed by atoms with E-state index < -0.39 is 80.6 Å². The van der Waals surface area contributed by atoms with Crippen molar-refractivity contribution in [1.29, 1.82) is 0 Å².